The van der Waals surface area contributed by atoms with Gasteiger partial charge < -0.3 is 4.74 Å². The molecule has 0 aromatic carbocycles. The summed E-state index contributed by atoms with van der Waals surface area (Å²) in [6.45, 7) is 10.2. The maximum absolute atomic E-state index is 4.96. The van der Waals surface area contributed by atoms with E-state index in [0.29, 0.717) is 6.61 Å². The molecule has 1 heteroatoms. The van der Waals surface area contributed by atoms with E-state index in [1.165, 1.54) is 0 Å². The minimum Gasteiger partial charge on any atom is -0.380 e. The van der Waals surface area contributed by atoms with Crippen molar-refractivity contribution in [2.75, 3.05) is 13.7 Å². The van der Waals surface area contributed by atoms with Crippen LogP contribution in [0.4, 0.5) is 0 Å². The summed E-state index contributed by atoms with van der Waals surface area (Å²) in [6.07, 6.45) is 4.78. The van der Waals surface area contributed by atoms with E-state index in [1.54, 1.807) is 13.2 Å². The van der Waals surface area contributed by atoms with Gasteiger partial charge in [-0.05, 0) is 12.0 Å². The van der Waals surface area contributed by atoms with E-state index in [1.807, 2.05) is 6.08 Å². The van der Waals surface area contributed by atoms with Crippen LogP contribution >= 0.6 is 0 Å². The third-order valence-corrected chi connectivity index (χ3v) is 1.42. The van der Waals surface area contributed by atoms with Crippen molar-refractivity contribution in [1.82, 2.24) is 0 Å². The highest BCUT2D eigenvalue weighted by Gasteiger charge is 1.90. The van der Waals surface area contributed by atoms with Gasteiger partial charge >= 0.3 is 0 Å². The first-order valence-corrected chi connectivity index (χ1v) is 3.74. The van der Waals surface area contributed by atoms with Crippen LogP contribution in [0.25, 0.3) is 0 Å². The number of hydrogen-bond acceptors (Lipinski definition) is 1. The summed E-state index contributed by atoms with van der Waals surface area (Å²) in [5.41, 5.74) is 2.19. The molecule has 0 N–H and O–H groups in total. The highest BCUT2D eigenvalue weighted by Crippen LogP contribution is 2.05. The first-order valence-electron chi connectivity index (χ1n) is 3.74. The lowest BCUT2D eigenvalue weighted by molar-refractivity contribution is 0.228. The van der Waals surface area contributed by atoms with E-state index in [4.69, 9.17) is 4.74 Å². The molecule has 0 atom stereocenters. The van der Waals surface area contributed by atoms with E-state index in [2.05, 4.69) is 20.1 Å². The van der Waals surface area contributed by atoms with Crippen LogP contribution < -0.4 is 0 Å². The molecule has 0 radical (unpaired) electrons. The summed E-state index contributed by atoms with van der Waals surface area (Å²) in [6, 6.07) is 0. The highest BCUT2D eigenvalue weighted by atomic mass is 16.5. The summed E-state index contributed by atoms with van der Waals surface area (Å²) in [5.74, 6) is 0. The van der Waals surface area contributed by atoms with E-state index in [9.17, 15) is 0 Å². The molecule has 1 nitrogen and oxygen atoms in total. The maximum Gasteiger partial charge on any atom is 0.0712 e. The van der Waals surface area contributed by atoms with Gasteiger partial charge in [-0.25, -0.2) is 0 Å². The molecule has 0 rings (SSSR count). The fourth-order valence-electron chi connectivity index (χ4n) is 0.690. The Balaban J connectivity index is 4.10. The van der Waals surface area contributed by atoms with Crippen molar-refractivity contribution in [2.45, 2.75) is 13.3 Å². The lowest BCUT2D eigenvalue weighted by Gasteiger charge is -2.00. The average Bonchev–Trinajstić information content (AvgIpc) is 2.03. The number of allylic oxidation sites excluding steroid dienone is 2. The summed E-state index contributed by atoms with van der Waals surface area (Å²) in [4.78, 5) is 0. The van der Waals surface area contributed by atoms with Crippen molar-refractivity contribution < 1.29 is 4.74 Å². The molecule has 0 aromatic heterocycles. The van der Waals surface area contributed by atoms with Crippen LogP contribution in [0, 0.1) is 0 Å². The fourth-order valence-corrected chi connectivity index (χ4v) is 0.690. The van der Waals surface area contributed by atoms with Gasteiger partial charge in [-0.3, -0.25) is 0 Å². The molecule has 0 saturated carbocycles. The summed E-state index contributed by atoms with van der Waals surface area (Å²) >= 11 is 0. The Kier molecular flexibility index (Phi) is 5.49. The third kappa shape index (κ3) is 4.57. The van der Waals surface area contributed by atoms with Crippen molar-refractivity contribution >= 4 is 0 Å². The van der Waals surface area contributed by atoms with Crippen LogP contribution in [0.2, 0.25) is 0 Å². The van der Waals surface area contributed by atoms with Gasteiger partial charge in [0.25, 0.3) is 0 Å². The fraction of sp³-hybridized carbons (Fsp3) is 0.400. The molecular weight excluding hydrogens is 136 g/mol. The quantitative estimate of drug-likeness (QED) is 0.550. The lowest BCUT2D eigenvalue weighted by Crippen LogP contribution is -1.91. The molecule has 0 amide bonds. The van der Waals surface area contributed by atoms with Crippen molar-refractivity contribution in [3.63, 3.8) is 0 Å². The monoisotopic (exact) mass is 152 g/mol. The number of rotatable bonds is 5. The average molecular weight is 152 g/mol. The van der Waals surface area contributed by atoms with Gasteiger partial charge in [0.2, 0.25) is 0 Å². The normalized spacial score (nSPS) is 11.3. The molecule has 0 aliphatic heterocycles. The Morgan fingerprint density at radius 2 is 2.18 bits per heavy atom. The molecule has 11 heavy (non-hydrogen) atoms. The topological polar surface area (TPSA) is 9.23 Å². The summed E-state index contributed by atoms with van der Waals surface area (Å²) < 4.78 is 4.96. The standard InChI is InChI=1S/C10H16O/c1-5-9(3)7-10(6-2)8-11-4/h6-7H,2-3,5,8H2,1,4H3/b10-7+. The van der Waals surface area contributed by atoms with Crippen LogP contribution in [0.5, 0.6) is 0 Å². The molecule has 0 heterocycles. The minimum atomic E-state index is 0.614. The Bertz CT molecular complexity index is 166. The molecular formula is C10H16O. The second-order valence-electron chi connectivity index (χ2n) is 2.37. The van der Waals surface area contributed by atoms with Gasteiger partial charge in [-0.2, -0.15) is 0 Å². The molecule has 0 bridgehead atoms. The first-order chi connectivity index (χ1) is 5.24. The Labute approximate surface area is 69.1 Å². The molecule has 0 aliphatic rings. The van der Waals surface area contributed by atoms with E-state index in [-0.39, 0.29) is 0 Å². The molecule has 0 spiro atoms. The Hall–Kier alpha value is -0.820. The van der Waals surface area contributed by atoms with Crippen molar-refractivity contribution in [3.8, 4) is 0 Å². The van der Waals surface area contributed by atoms with Crippen molar-refractivity contribution in [2.24, 2.45) is 0 Å². The smallest absolute Gasteiger partial charge is 0.0712 e. The lowest BCUT2D eigenvalue weighted by atomic mass is 10.1. The van der Waals surface area contributed by atoms with Gasteiger partial charge in [0.15, 0.2) is 0 Å². The molecule has 0 unspecified atom stereocenters. The van der Waals surface area contributed by atoms with Gasteiger partial charge in [-0.1, -0.05) is 37.8 Å². The first kappa shape index (κ1) is 10.2. The van der Waals surface area contributed by atoms with E-state index in [0.717, 1.165) is 17.6 Å². The van der Waals surface area contributed by atoms with Gasteiger partial charge in [0.1, 0.15) is 0 Å². The molecule has 0 aliphatic carbocycles. The van der Waals surface area contributed by atoms with Gasteiger partial charge in [0, 0.05) is 7.11 Å². The van der Waals surface area contributed by atoms with Crippen molar-refractivity contribution in [1.29, 1.82) is 0 Å². The largest absolute Gasteiger partial charge is 0.380 e. The molecule has 0 saturated heterocycles. The van der Waals surface area contributed by atoms with Crippen LogP contribution in [0.1, 0.15) is 13.3 Å². The molecule has 62 valence electrons. The second kappa shape index (κ2) is 5.93. The van der Waals surface area contributed by atoms with Crippen LogP contribution in [0.3, 0.4) is 0 Å². The molecule has 0 aromatic rings. The third-order valence-electron chi connectivity index (χ3n) is 1.42. The minimum absolute atomic E-state index is 0.614. The maximum atomic E-state index is 4.96. The highest BCUT2D eigenvalue weighted by molar-refractivity contribution is 5.27. The predicted octanol–water partition coefficient (Wildman–Crippen LogP) is 2.71. The molecule has 0 fully saturated rings. The Morgan fingerprint density at radius 1 is 1.55 bits per heavy atom. The summed E-state index contributed by atoms with van der Waals surface area (Å²) in [7, 11) is 1.67. The Morgan fingerprint density at radius 3 is 2.55 bits per heavy atom. The number of methoxy groups -OCH3 is 1. The van der Waals surface area contributed by atoms with Crippen LogP contribution in [-0.2, 0) is 4.74 Å². The summed E-state index contributed by atoms with van der Waals surface area (Å²) in [5, 5.41) is 0. The van der Waals surface area contributed by atoms with Crippen LogP contribution in [-0.4, -0.2) is 13.7 Å². The SMILES string of the molecule is C=C/C(=C\C(=C)CC)COC. The number of ether oxygens (including phenoxy) is 1. The number of hydrogen-bond donors (Lipinski definition) is 0. The zero-order valence-electron chi connectivity index (χ0n) is 7.39. The van der Waals surface area contributed by atoms with E-state index < -0.39 is 0 Å². The zero-order chi connectivity index (χ0) is 8.69. The van der Waals surface area contributed by atoms with E-state index >= 15 is 0 Å². The second-order valence-corrected chi connectivity index (χ2v) is 2.37. The zero-order valence-corrected chi connectivity index (χ0v) is 7.39. The van der Waals surface area contributed by atoms with Crippen molar-refractivity contribution in [3.05, 3.63) is 36.5 Å². The predicted molar refractivity (Wildman–Crippen MR) is 49.6 cm³/mol. The van der Waals surface area contributed by atoms with Crippen LogP contribution in [0.15, 0.2) is 36.5 Å². The van der Waals surface area contributed by atoms with Gasteiger partial charge in [0.05, 0.1) is 6.61 Å². The van der Waals surface area contributed by atoms with Gasteiger partial charge in [-0.15, -0.1) is 0 Å².